The molecule has 0 unspecified atom stereocenters. The molecule has 0 aliphatic carbocycles. The average Bonchev–Trinajstić information content (AvgIpc) is 2.92. The number of carboxylic acids is 1. The van der Waals surface area contributed by atoms with Crippen LogP contribution in [0.3, 0.4) is 0 Å². The summed E-state index contributed by atoms with van der Waals surface area (Å²) in [6, 6.07) is 2.74. The highest BCUT2D eigenvalue weighted by atomic mass is 16.5. The van der Waals surface area contributed by atoms with Crippen LogP contribution < -0.4 is 4.74 Å². The lowest BCUT2D eigenvalue weighted by atomic mass is 10.0. The molecule has 0 amide bonds. The first-order chi connectivity index (χ1) is 18.3. The van der Waals surface area contributed by atoms with Crippen molar-refractivity contribution in [1.29, 1.82) is 0 Å². The highest BCUT2D eigenvalue weighted by Crippen LogP contribution is 2.29. The van der Waals surface area contributed by atoms with E-state index in [4.69, 9.17) is 18.9 Å². The Morgan fingerprint density at radius 2 is 1.03 bits per heavy atom. The van der Waals surface area contributed by atoms with Gasteiger partial charge in [0.1, 0.15) is 19.0 Å². The predicted octanol–water partition coefficient (Wildman–Crippen LogP) is 5.46. The van der Waals surface area contributed by atoms with Gasteiger partial charge in [-0.15, -0.1) is 0 Å². The molecular weight excluding hydrogens is 492 g/mol. The van der Waals surface area contributed by atoms with Gasteiger partial charge in [0.2, 0.25) is 0 Å². The van der Waals surface area contributed by atoms with E-state index in [9.17, 15) is 24.3 Å². The van der Waals surface area contributed by atoms with Crippen molar-refractivity contribution in [3.63, 3.8) is 0 Å². The molecule has 0 bridgehead atoms. The number of hydrogen-bond donors (Lipinski definition) is 1. The zero-order valence-corrected chi connectivity index (χ0v) is 21.9. The third kappa shape index (κ3) is 13.4. The van der Waals surface area contributed by atoms with Crippen LogP contribution in [0.15, 0.2) is 50.1 Å². The van der Waals surface area contributed by atoms with Gasteiger partial charge < -0.3 is 24.1 Å². The minimum absolute atomic E-state index is 0.0515. The second-order valence-electron chi connectivity index (χ2n) is 8.45. The van der Waals surface area contributed by atoms with Gasteiger partial charge in [0.25, 0.3) is 0 Å². The molecule has 0 heterocycles. The van der Waals surface area contributed by atoms with Crippen LogP contribution >= 0.6 is 0 Å². The summed E-state index contributed by atoms with van der Waals surface area (Å²) in [4.78, 5) is 45.7. The molecule has 0 atom stereocenters. The molecular formula is C29H38O9. The van der Waals surface area contributed by atoms with Gasteiger partial charge in [0.15, 0.2) is 0 Å². The van der Waals surface area contributed by atoms with Gasteiger partial charge >= 0.3 is 23.9 Å². The molecule has 0 fully saturated rings. The Hall–Kier alpha value is -3.88. The second kappa shape index (κ2) is 19.3. The first-order valence-electron chi connectivity index (χ1n) is 12.7. The molecule has 1 rings (SSSR count). The number of benzene rings is 1. The van der Waals surface area contributed by atoms with Gasteiger partial charge in [0.05, 0.1) is 18.8 Å². The van der Waals surface area contributed by atoms with Gasteiger partial charge in [-0.3, -0.25) is 0 Å². The number of carbonyl (C=O) groups is 4. The normalized spacial score (nSPS) is 10.2. The fourth-order valence-corrected chi connectivity index (χ4v) is 3.54. The lowest BCUT2D eigenvalue weighted by Gasteiger charge is -2.17. The van der Waals surface area contributed by atoms with Gasteiger partial charge in [-0.25, -0.2) is 19.2 Å². The topological polar surface area (TPSA) is 125 Å². The molecule has 0 aliphatic rings. The molecule has 0 aromatic heterocycles. The summed E-state index contributed by atoms with van der Waals surface area (Å²) in [5.74, 6) is -2.56. The Kier molecular flexibility index (Phi) is 16.3. The zero-order valence-electron chi connectivity index (χ0n) is 21.9. The molecule has 0 spiro atoms. The summed E-state index contributed by atoms with van der Waals surface area (Å²) < 4.78 is 21.1. The Balaban J connectivity index is 2.56. The molecule has 1 aromatic carbocycles. The number of hydrogen-bond acceptors (Lipinski definition) is 8. The number of unbranched alkanes of at least 4 members (excludes halogenated alkanes) is 8. The van der Waals surface area contributed by atoms with Crippen molar-refractivity contribution in [2.24, 2.45) is 0 Å². The van der Waals surface area contributed by atoms with Crippen LogP contribution in [0.5, 0.6) is 5.75 Å². The van der Waals surface area contributed by atoms with E-state index in [0.717, 1.165) is 69.9 Å². The number of aromatic carboxylic acids is 1. The monoisotopic (exact) mass is 530 g/mol. The highest BCUT2D eigenvalue weighted by Gasteiger charge is 2.18. The van der Waals surface area contributed by atoms with E-state index < -0.39 is 17.9 Å². The molecule has 1 aromatic rings. The number of carboxylic acid groups (broad SMARTS) is 1. The van der Waals surface area contributed by atoms with E-state index in [1.807, 2.05) is 0 Å². The largest absolute Gasteiger partial charge is 0.493 e. The first kappa shape index (κ1) is 32.1. The van der Waals surface area contributed by atoms with Crippen LogP contribution in [0, 0.1) is 0 Å². The van der Waals surface area contributed by atoms with E-state index in [-0.39, 0.29) is 24.7 Å². The number of esters is 3. The van der Waals surface area contributed by atoms with E-state index in [1.165, 1.54) is 18.2 Å². The van der Waals surface area contributed by atoms with Crippen LogP contribution in [0.2, 0.25) is 0 Å². The number of rotatable bonds is 21. The van der Waals surface area contributed by atoms with E-state index in [2.05, 4.69) is 19.7 Å². The average molecular weight is 531 g/mol. The maximum absolute atomic E-state index is 11.6. The van der Waals surface area contributed by atoms with Gasteiger partial charge in [0, 0.05) is 29.4 Å². The van der Waals surface area contributed by atoms with Crippen molar-refractivity contribution in [2.75, 3.05) is 13.2 Å². The first-order valence-corrected chi connectivity index (χ1v) is 12.7. The maximum atomic E-state index is 11.6. The molecule has 38 heavy (non-hydrogen) atoms. The molecule has 9 heteroatoms. The summed E-state index contributed by atoms with van der Waals surface area (Å²) in [5, 5.41) is 9.48. The summed E-state index contributed by atoms with van der Waals surface area (Å²) >= 11 is 0. The maximum Gasteiger partial charge on any atom is 0.335 e. The van der Waals surface area contributed by atoms with Crippen LogP contribution in [0.1, 0.15) is 79.3 Å². The number of ether oxygens (including phenoxy) is 4. The summed E-state index contributed by atoms with van der Waals surface area (Å²) in [7, 11) is 0. The second-order valence-corrected chi connectivity index (χ2v) is 8.45. The Morgan fingerprint density at radius 3 is 1.45 bits per heavy atom. The number of carbonyl (C=O) groups excluding carboxylic acids is 3. The van der Waals surface area contributed by atoms with Crippen LogP contribution in [0.25, 0.3) is 0 Å². The molecule has 208 valence electrons. The summed E-state index contributed by atoms with van der Waals surface area (Å²) in [5.41, 5.74) is 0.650. The van der Waals surface area contributed by atoms with Crippen LogP contribution in [-0.2, 0) is 41.8 Å². The zero-order chi connectivity index (χ0) is 28.2. The van der Waals surface area contributed by atoms with Crippen molar-refractivity contribution in [3.8, 4) is 5.75 Å². The van der Waals surface area contributed by atoms with Crippen molar-refractivity contribution in [3.05, 3.63) is 66.8 Å². The SMILES string of the molecule is C=CC(=O)OCCCCCCCCCCCOc1c(COC(=O)C=C)cc(C(=O)O)cc1COC(=O)C=C. The fourth-order valence-electron chi connectivity index (χ4n) is 3.54. The van der Waals surface area contributed by atoms with Crippen molar-refractivity contribution in [1.82, 2.24) is 0 Å². The highest BCUT2D eigenvalue weighted by molar-refractivity contribution is 5.88. The van der Waals surface area contributed by atoms with Gasteiger partial charge in [-0.2, -0.15) is 0 Å². The summed E-state index contributed by atoms with van der Waals surface area (Å²) in [6.07, 6.45) is 12.3. The molecule has 0 radical (unpaired) electrons. The van der Waals surface area contributed by atoms with Gasteiger partial charge in [-0.1, -0.05) is 64.7 Å². The molecule has 0 saturated carbocycles. The van der Waals surface area contributed by atoms with E-state index in [0.29, 0.717) is 30.1 Å². The van der Waals surface area contributed by atoms with Crippen LogP contribution in [0.4, 0.5) is 0 Å². The van der Waals surface area contributed by atoms with Crippen molar-refractivity contribution < 1.29 is 43.2 Å². The minimum Gasteiger partial charge on any atom is -0.493 e. The summed E-state index contributed by atoms with van der Waals surface area (Å²) in [6.45, 7) is 10.4. The molecule has 0 saturated heterocycles. The molecule has 9 nitrogen and oxygen atoms in total. The smallest absolute Gasteiger partial charge is 0.335 e. The minimum atomic E-state index is -1.18. The standard InChI is InChI=1S/C29H38O9/c1-4-25(30)35-16-14-12-10-8-7-9-11-13-15-17-36-28-23(20-37-26(31)5-2)18-22(29(33)34)19-24(28)21-38-27(32)6-3/h4-6,18-19H,1-3,7-17,20-21H2,(H,33,34). The van der Waals surface area contributed by atoms with Crippen LogP contribution in [-0.4, -0.2) is 42.2 Å². The van der Waals surface area contributed by atoms with Crippen molar-refractivity contribution in [2.45, 2.75) is 71.0 Å². The fraction of sp³-hybridized carbons (Fsp3) is 0.448. The molecule has 1 N–H and O–H groups in total. The lowest BCUT2D eigenvalue weighted by molar-refractivity contribution is -0.139. The quantitative estimate of drug-likeness (QED) is 0.0954. The van der Waals surface area contributed by atoms with E-state index >= 15 is 0 Å². The van der Waals surface area contributed by atoms with E-state index in [1.54, 1.807) is 0 Å². The predicted molar refractivity (Wildman–Crippen MR) is 142 cm³/mol. The third-order valence-electron chi connectivity index (χ3n) is 5.51. The lowest BCUT2D eigenvalue weighted by Crippen LogP contribution is -2.11. The Labute approximate surface area is 224 Å². The Bertz CT molecular complexity index is 920. The Morgan fingerprint density at radius 1 is 0.632 bits per heavy atom. The van der Waals surface area contributed by atoms with Gasteiger partial charge in [-0.05, 0) is 25.0 Å². The molecule has 0 aliphatic heterocycles. The third-order valence-corrected chi connectivity index (χ3v) is 5.51. The van der Waals surface area contributed by atoms with Crippen molar-refractivity contribution >= 4 is 23.9 Å².